The van der Waals surface area contributed by atoms with Crippen LogP contribution in [0, 0.1) is 0 Å². The SMILES string of the molecule is CN(C)CCC(=O)Nc1ccc2c(c1)CNCC2. The highest BCUT2D eigenvalue weighted by Crippen LogP contribution is 2.19. The predicted octanol–water partition coefficient (Wildman–Crippen LogP) is 1.22. The molecule has 0 aromatic heterocycles. The van der Waals surface area contributed by atoms with Crippen molar-refractivity contribution in [3.63, 3.8) is 0 Å². The molecule has 1 heterocycles. The molecule has 2 N–H and O–H groups in total. The molecule has 1 aromatic rings. The summed E-state index contributed by atoms with van der Waals surface area (Å²) in [5, 5.41) is 6.30. The molecule has 0 atom stereocenters. The van der Waals surface area contributed by atoms with Crippen molar-refractivity contribution >= 4 is 11.6 Å². The molecule has 1 aliphatic heterocycles. The number of carbonyl (C=O) groups excluding carboxylic acids is 1. The largest absolute Gasteiger partial charge is 0.326 e. The Bertz CT molecular complexity index is 429. The maximum atomic E-state index is 11.7. The third kappa shape index (κ3) is 3.55. The lowest BCUT2D eigenvalue weighted by atomic mass is 10.0. The summed E-state index contributed by atoms with van der Waals surface area (Å²) in [6.45, 7) is 2.72. The van der Waals surface area contributed by atoms with Crippen LogP contribution >= 0.6 is 0 Å². The predicted molar refractivity (Wildman–Crippen MR) is 73.7 cm³/mol. The minimum atomic E-state index is 0.0763. The van der Waals surface area contributed by atoms with Crippen LogP contribution in [0.1, 0.15) is 17.5 Å². The molecule has 0 bridgehead atoms. The average Bonchev–Trinajstić information content (AvgIpc) is 2.36. The molecule has 0 unspecified atom stereocenters. The first-order valence-corrected chi connectivity index (χ1v) is 6.42. The first-order chi connectivity index (χ1) is 8.65. The molecule has 0 aliphatic carbocycles. The van der Waals surface area contributed by atoms with Crippen LogP contribution in [0.25, 0.3) is 0 Å². The fraction of sp³-hybridized carbons (Fsp3) is 0.500. The molecule has 0 saturated carbocycles. The Kier molecular flexibility index (Phi) is 4.33. The number of fused-ring (bicyclic) bond motifs is 1. The Morgan fingerprint density at radius 3 is 3.00 bits per heavy atom. The Balaban J connectivity index is 1.95. The van der Waals surface area contributed by atoms with Gasteiger partial charge in [0.25, 0.3) is 0 Å². The van der Waals surface area contributed by atoms with Gasteiger partial charge in [-0.1, -0.05) is 6.07 Å². The molecular formula is C14H21N3O. The van der Waals surface area contributed by atoms with E-state index >= 15 is 0 Å². The van der Waals surface area contributed by atoms with E-state index in [1.807, 2.05) is 25.1 Å². The summed E-state index contributed by atoms with van der Waals surface area (Å²) in [4.78, 5) is 13.7. The second-order valence-corrected chi connectivity index (χ2v) is 5.01. The number of rotatable bonds is 4. The van der Waals surface area contributed by atoms with Crippen LogP contribution in [-0.4, -0.2) is 38.0 Å². The molecule has 18 heavy (non-hydrogen) atoms. The van der Waals surface area contributed by atoms with E-state index in [9.17, 15) is 4.79 Å². The Morgan fingerprint density at radius 1 is 1.39 bits per heavy atom. The molecule has 0 fully saturated rings. The Morgan fingerprint density at radius 2 is 2.22 bits per heavy atom. The minimum absolute atomic E-state index is 0.0763. The lowest BCUT2D eigenvalue weighted by Gasteiger charge is -2.18. The number of nitrogens with zero attached hydrogens (tertiary/aromatic N) is 1. The summed E-state index contributed by atoms with van der Waals surface area (Å²) in [6.07, 6.45) is 1.60. The number of hydrogen-bond donors (Lipinski definition) is 2. The highest BCUT2D eigenvalue weighted by molar-refractivity contribution is 5.90. The zero-order valence-electron chi connectivity index (χ0n) is 11.1. The monoisotopic (exact) mass is 247 g/mol. The molecule has 0 spiro atoms. The van der Waals surface area contributed by atoms with Gasteiger partial charge < -0.3 is 15.5 Å². The van der Waals surface area contributed by atoms with Crippen LogP contribution in [0.15, 0.2) is 18.2 Å². The molecule has 0 radical (unpaired) electrons. The van der Waals surface area contributed by atoms with Crippen molar-refractivity contribution < 1.29 is 4.79 Å². The first kappa shape index (κ1) is 13.1. The van der Waals surface area contributed by atoms with Crippen molar-refractivity contribution in [3.8, 4) is 0 Å². The Hall–Kier alpha value is -1.39. The lowest BCUT2D eigenvalue weighted by Crippen LogP contribution is -2.24. The molecule has 4 nitrogen and oxygen atoms in total. The van der Waals surface area contributed by atoms with Crippen molar-refractivity contribution in [2.75, 3.05) is 32.5 Å². The Labute approximate surface area is 108 Å². The van der Waals surface area contributed by atoms with Crippen LogP contribution in [0.4, 0.5) is 5.69 Å². The van der Waals surface area contributed by atoms with E-state index in [2.05, 4.69) is 22.8 Å². The van der Waals surface area contributed by atoms with Gasteiger partial charge in [-0.3, -0.25) is 4.79 Å². The second kappa shape index (κ2) is 5.98. The van der Waals surface area contributed by atoms with Gasteiger partial charge in [0.05, 0.1) is 0 Å². The maximum Gasteiger partial charge on any atom is 0.225 e. The van der Waals surface area contributed by atoms with Gasteiger partial charge in [-0.25, -0.2) is 0 Å². The molecule has 4 heteroatoms. The van der Waals surface area contributed by atoms with Crippen LogP contribution < -0.4 is 10.6 Å². The number of nitrogens with one attached hydrogen (secondary N) is 2. The molecule has 1 amide bonds. The summed E-state index contributed by atoms with van der Waals surface area (Å²) >= 11 is 0. The van der Waals surface area contributed by atoms with E-state index < -0.39 is 0 Å². The van der Waals surface area contributed by atoms with Gasteiger partial charge in [0.1, 0.15) is 0 Å². The van der Waals surface area contributed by atoms with E-state index in [4.69, 9.17) is 0 Å². The van der Waals surface area contributed by atoms with Crippen LogP contribution in [-0.2, 0) is 17.8 Å². The first-order valence-electron chi connectivity index (χ1n) is 6.42. The van der Waals surface area contributed by atoms with Crippen molar-refractivity contribution in [2.45, 2.75) is 19.4 Å². The minimum Gasteiger partial charge on any atom is -0.326 e. The van der Waals surface area contributed by atoms with Crippen molar-refractivity contribution in [1.29, 1.82) is 0 Å². The van der Waals surface area contributed by atoms with Crippen LogP contribution in [0.3, 0.4) is 0 Å². The number of hydrogen-bond acceptors (Lipinski definition) is 3. The van der Waals surface area contributed by atoms with Gasteiger partial charge in [-0.15, -0.1) is 0 Å². The molecule has 98 valence electrons. The van der Waals surface area contributed by atoms with Gasteiger partial charge in [0.2, 0.25) is 5.91 Å². The van der Waals surface area contributed by atoms with Crippen molar-refractivity contribution in [1.82, 2.24) is 10.2 Å². The highest BCUT2D eigenvalue weighted by Gasteiger charge is 2.10. The van der Waals surface area contributed by atoms with Gasteiger partial charge in [-0.2, -0.15) is 0 Å². The van der Waals surface area contributed by atoms with Gasteiger partial charge in [0.15, 0.2) is 0 Å². The zero-order chi connectivity index (χ0) is 13.0. The topological polar surface area (TPSA) is 44.4 Å². The fourth-order valence-electron chi connectivity index (χ4n) is 2.11. The summed E-state index contributed by atoms with van der Waals surface area (Å²) in [6, 6.07) is 6.20. The van der Waals surface area contributed by atoms with Crippen LogP contribution in [0.2, 0.25) is 0 Å². The third-order valence-electron chi connectivity index (χ3n) is 3.16. The molecule has 0 saturated heterocycles. The van der Waals surface area contributed by atoms with Gasteiger partial charge in [0, 0.05) is 25.2 Å². The lowest BCUT2D eigenvalue weighted by molar-refractivity contribution is -0.116. The number of anilines is 1. The van der Waals surface area contributed by atoms with E-state index in [1.165, 1.54) is 11.1 Å². The second-order valence-electron chi connectivity index (χ2n) is 5.01. The molecular weight excluding hydrogens is 226 g/mol. The molecule has 1 aromatic carbocycles. The van der Waals surface area contributed by atoms with Gasteiger partial charge in [-0.05, 0) is 50.3 Å². The van der Waals surface area contributed by atoms with E-state index in [0.717, 1.165) is 31.7 Å². The normalized spacial score (nSPS) is 14.4. The van der Waals surface area contributed by atoms with E-state index in [0.29, 0.717) is 6.42 Å². The smallest absolute Gasteiger partial charge is 0.225 e. The van der Waals surface area contributed by atoms with Crippen molar-refractivity contribution in [2.24, 2.45) is 0 Å². The van der Waals surface area contributed by atoms with E-state index in [1.54, 1.807) is 0 Å². The summed E-state index contributed by atoms with van der Waals surface area (Å²) in [5.41, 5.74) is 3.59. The summed E-state index contributed by atoms with van der Waals surface area (Å²) in [5.74, 6) is 0.0763. The van der Waals surface area contributed by atoms with E-state index in [-0.39, 0.29) is 5.91 Å². The summed E-state index contributed by atoms with van der Waals surface area (Å²) in [7, 11) is 3.94. The average molecular weight is 247 g/mol. The molecule has 1 aliphatic rings. The van der Waals surface area contributed by atoms with Crippen molar-refractivity contribution in [3.05, 3.63) is 29.3 Å². The number of amides is 1. The van der Waals surface area contributed by atoms with Gasteiger partial charge >= 0.3 is 0 Å². The summed E-state index contributed by atoms with van der Waals surface area (Å²) < 4.78 is 0. The third-order valence-corrected chi connectivity index (χ3v) is 3.16. The maximum absolute atomic E-state index is 11.7. The number of benzene rings is 1. The molecule has 2 rings (SSSR count). The number of carbonyl (C=O) groups is 1. The quantitative estimate of drug-likeness (QED) is 0.841. The zero-order valence-corrected chi connectivity index (χ0v) is 11.1. The highest BCUT2D eigenvalue weighted by atomic mass is 16.1. The fourth-order valence-corrected chi connectivity index (χ4v) is 2.11. The van der Waals surface area contributed by atoms with Crippen LogP contribution in [0.5, 0.6) is 0 Å². The standard InChI is InChI=1S/C14H21N3O/c1-17(2)8-6-14(18)16-13-4-3-11-5-7-15-10-12(11)9-13/h3-4,9,15H,5-8,10H2,1-2H3,(H,16,18).